The second-order valence-corrected chi connectivity index (χ2v) is 3.83. The van der Waals surface area contributed by atoms with Crippen molar-refractivity contribution in [3.63, 3.8) is 0 Å². The Bertz CT molecular complexity index is 325. The summed E-state index contributed by atoms with van der Waals surface area (Å²) in [6, 6.07) is 9.82. The Morgan fingerprint density at radius 3 is 2.71 bits per heavy atom. The van der Waals surface area contributed by atoms with Gasteiger partial charge in [-0.3, -0.25) is 0 Å². The van der Waals surface area contributed by atoms with Crippen LogP contribution in [-0.2, 0) is 9.47 Å². The molecule has 0 bridgehead atoms. The van der Waals surface area contributed by atoms with Crippen LogP contribution >= 0.6 is 0 Å². The highest BCUT2D eigenvalue weighted by molar-refractivity contribution is 5.17. The summed E-state index contributed by atoms with van der Waals surface area (Å²) in [7, 11) is 0. The third kappa shape index (κ3) is 1.25. The number of hydrogen-bond acceptors (Lipinski definition) is 3. The molecule has 0 amide bonds. The Morgan fingerprint density at radius 2 is 2.00 bits per heavy atom. The van der Waals surface area contributed by atoms with Crippen LogP contribution in [0.1, 0.15) is 11.9 Å². The lowest BCUT2D eigenvalue weighted by Crippen LogP contribution is -2.19. The molecule has 0 spiro atoms. The van der Waals surface area contributed by atoms with Gasteiger partial charge in [0.25, 0.3) is 0 Å². The molecule has 3 nitrogen and oxygen atoms in total. The van der Waals surface area contributed by atoms with Crippen LogP contribution in [0.25, 0.3) is 0 Å². The number of aliphatic hydroxyl groups excluding tert-OH is 1. The van der Waals surface area contributed by atoms with E-state index >= 15 is 0 Å². The van der Waals surface area contributed by atoms with Crippen LogP contribution in [0.5, 0.6) is 0 Å². The summed E-state index contributed by atoms with van der Waals surface area (Å²) in [5.41, 5.74) is 1.02. The van der Waals surface area contributed by atoms with Crippen LogP contribution in [0.3, 0.4) is 0 Å². The molecule has 1 saturated heterocycles. The maximum absolute atomic E-state index is 9.39. The average molecular weight is 192 g/mol. The fraction of sp³-hybridized carbons (Fsp3) is 0.455. The van der Waals surface area contributed by atoms with Crippen molar-refractivity contribution in [2.45, 2.75) is 18.5 Å². The molecule has 3 heteroatoms. The van der Waals surface area contributed by atoms with Gasteiger partial charge in [0.15, 0.2) is 6.29 Å². The fourth-order valence-corrected chi connectivity index (χ4v) is 1.87. The van der Waals surface area contributed by atoms with Crippen LogP contribution < -0.4 is 0 Å². The molecule has 3 rings (SSSR count). The Morgan fingerprint density at radius 1 is 1.21 bits per heavy atom. The highest BCUT2D eigenvalue weighted by atomic mass is 16.7. The second kappa shape index (κ2) is 3.05. The molecular formula is C11H12O3. The van der Waals surface area contributed by atoms with Gasteiger partial charge >= 0.3 is 0 Å². The topological polar surface area (TPSA) is 38.7 Å². The van der Waals surface area contributed by atoms with Gasteiger partial charge in [-0.1, -0.05) is 30.3 Å². The van der Waals surface area contributed by atoms with Crippen molar-refractivity contribution in [2.75, 3.05) is 6.61 Å². The second-order valence-electron chi connectivity index (χ2n) is 3.83. The minimum Gasteiger partial charge on any atom is -0.390 e. The van der Waals surface area contributed by atoms with E-state index in [1.807, 2.05) is 30.3 Å². The third-order valence-electron chi connectivity index (χ3n) is 2.85. The normalized spacial score (nSPS) is 40.4. The number of ether oxygens (including phenoxy) is 2. The van der Waals surface area contributed by atoms with Crippen LogP contribution in [0.4, 0.5) is 0 Å². The van der Waals surface area contributed by atoms with Crippen molar-refractivity contribution in [1.82, 2.24) is 0 Å². The molecule has 4 unspecified atom stereocenters. The first-order valence-electron chi connectivity index (χ1n) is 4.86. The lowest BCUT2D eigenvalue weighted by molar-refractivity contribution is -0.189. The smallest absolute Gasteiger partial charge is 0.184 e. The van der Waals surface area contributed by atoms with Crippen molar-refractivity contribution in [1.29, 1.82) is 0 Å². The fourth-order valence-electron chi connectivity index (χ4n) is 1.87. The summed E-state index contributed by atoms with van der Waals surface area (Å²) in [6.07, 6.45) is -0.618. The number of fused-ring (bicyclic) bond motifs is 1. The molecule has 1 heterocycles. The van der Waals surface area contributed by atoms with E-state index in [1.165, 1.54) is 0 Å². The predicted molar refractivity (Wildman–Crippen MR) is 49.5 cm³/mol. The monoisotopic (exact) mass is 192 g/mol. The Labute approximate surface area is 82.3 Å². The molecule has 1 aromatic rings. The minimum absolute atomic E-state index is 0.00560. The first-order chi connectivity index (χ1) is 6.86. The zero-order chi connectivity index (χ0) is 9.54. The maximum Gasteiger partial charge on any atom is 0.184 e. The van der Waals surface area contributed by atoms with E-state index in [4.69, 9.17) is 9.47 Å². The van der Waals surface area contributed by atoms with E-state index in [9.17, 15) is 5.11 Å². The zero-order valence-corrected chi connectivity index (χ0v) is 7.67. The van der Waals surface area contributed by atoms with E-state index in [-0.39, 0.29) is 24.4 Å². The highest BCUT2D eigenvalue weighted by Gasteiger charge is 2.55. The molecule has 2 fully saturated rings. The Balaban J connectivity index is 1.75. The Kier molecular flexibility index (Phi) is 1.83. The molecule has 0 aromatic heterocycles. The molecule has 1 aromatic carbocycles. The van der Waals surface area contributed by atoms with Gasteiger partial charge in [0.05, 0.1) is 18.8 Å². The van der Waals surface area contributed by atoms with Crippen LogP contribution in [-0.4, -0.2) is 23.9 Å². The van der Waals surface area contributed by atoms with Gasteiger partial charge in [0, 0.05) is 11.5 Å². The molecule has 2 aliphatic rings. The van der Waals surface area contributed by atoms with E-state index < -0.39 is 0 Å². The van der Waals surface area contributed by atoms with E-state index in [0.29, 0.717) is 6.61 Å². The standard InChI is InChI=1S/C11H12O3/c12-9-8-6-13-11(14-10(8)9)7-4-2-1-3-5-7/h1-5,8-12H,6H2. The van der Waals surface area contributed by atoms with E-state index in [0.717, 1.165) is 5.56 Å². The molecular weight excluding hydrogens is 180 g/mol. The van der Waals surface area contributed by atoms with Crippen molar-refractivity contribution < 1.29 is 14.6 Å². The van der Waals surface area contributed by atoms with Gasteiger partial charge in [-0.2, -0.15) is 0 Å². The summed E-state index contributed by atoms with van der Waals surface area (Å²) in [6.45, 7) is 0.603. The first-order valence-corrected chi connectivity index (χ1v) is 4.86. The summed E-state index contributed by atoms with van der Waals surface area (Å²) in [5, 5.41) is 9.39. The summed E-state index contributed by atoms with van der Waals surface area (Å²) < 4.78 is 11.1. The minimum atomic E-state index is -0.316. The summed E-state index contributed by atoms with van der Waals surface area (Å²) >= 11 is 0. The van der Waals surface area contributed by atoms with Gasteiger partial charge in [-0.05, 0) is 0 Å². The lowest BCUT2D eigenvalue weighted by atomic mass is 10.2. The zero-order valence-electron chi connectivity index (χ0n) is 7.67. The largest absolute Gasteiger partial charge is 0.390 e. The molecule has 1 aliphatic carbocycles. The van der Waals surface area contributed by atoms with E-state index in [1.54, 1.807) is 0 Å². The van der Waals surface area contributed by atoms with Gasteiger partial charge in [0.1, 0.15) is 0 Å². The van der Waals surface area contributed by atoms with Crippen LogP contribution in [0.2, 0.25) is 0 Å². The van der Waals surface area contributed by atoms with Crippen molar-refractivity contribution in [3.8, 4) is 0 Å². The summed E-state index contributed by atoms with van der Waals surface area (Å²) in [4.78, 5) is 0. The molecule has 74 valence electrons. The number of aliphatic hydroxyl groups is 1. The molecule has 14 heavy (non-hydrogen) atoms. The van der Waals surface area contributed by atoms with Crippen LogP contribution in [0, 0.1) is 5.92 Å². The van der Waals surface area contributed by atoms with E-state index in [2.05, 4.69) is 0 Å². The van der Waals surface area contributed by atoms with Crippen LogP contribution in [0.15, 0.2) is 30.3 Å². The highest BCUT2D eigenvalue weighted by Crippen LogP contribution is 2.43. The number of hydrogen-bond donors (Lipinski definition) is 1. The van der Waals surface area contributed by atoms with Crippen molar-refractivity contribution in [2.24, 2.45) is 5.92 Å². The predicted octanol–water partition coefficient (Wildman–Crippen LogP) is 1.09. The summed E-state index contributed by atoms with van der Waals surface area (Å²) in [5.74, 6) is 0.204. The molecule has 1 aliphatic heterocycles. The quantitative estimate of drug-likeness (QED) is 0.724. The van der Waals surface area contributed by atoms with Crippen molar-refractivity contribution >= 4 is 0 Å². The van der Waals surface area contributed by atoms with Crippen molar-refractivity contribution in [3.05, 3.63) is 35.9 Å². The maximum atomic E-state index is 9.39. The molecule has 4 atom stereocenters. The van der Waals surface area contributed by atoms with Gasteiger partial charge in [-0.25, -0.2) is 0 Å². The SMILES string of the molecule is OC1C2COC(c3ccccc3)OC12. The molecule has 1 saturated carbocycles. The first kappa shape index (κ1) is 8.41. The van der Waals surface area contributed by atoms with Gasteiger partial charge in [-0.15, -0.1) is 0 Å². The molecule has 1 N–H and O–H groups in total. The Hall–Kier alpha value is -0.900. The number of benzene rings is 1. The molecule has 0 radical (unpaired) electrons. The third-order valence-corrected chi connectivity index (χ3v) is 2.85. The average Bonchev–Trinajstić information content (AvgIpc) is 2.91. The number of rotatable bonds is 1. The lowest BCUT2D eigenvalue weighted by Gasteiger charge is -2.22. The van der Waals surface area contributed by atoms with Gasteiger partial charge < -0.3 is 14.6 Å². The van der Waals surface area contributed by atoms with Gasteiger partial charge in [0.2, 0.25) is 0 Å².